The molecule has 3 heteroatoms. The number of aryl methyl sites for hydroxylation is 2. The molecule has 2 atom stereocenters. The van der Waals surface area contributed by atoms with Crippen LogP contribution in [-0.2, 0) is 16.1 Å². The number of pyridine rings is 2. The van der Waals surface area contributed by atoms with Crippen molar-refractivity contribution in [3.8, 4) is 0 Å². The van der Waals surface area contributed by atoms with Crippen molar-refractivity contribution < 1.29 is 13.9 Å². The maximum atomic E-state index is 6.29. The van der Waals surface area contributed by atoms with E-state index in [1.165, 1.54) is 49.4 Å². The van der Waals surface area contributed by atoms with Crippen molar-refractivity contribution >= 4 is 27.1 Å². The Morgan fingerprint density at radius 2 is 1.66 bits per heavy atom. The van der Waals surface area contributed by atoms with Crippen LogP contribution in [0.1, 0.15) is 62.4 Å². The van der Waals surface area contributed by atoms with Crippen molar-refractivity contribution in [2.24, 2.45) is 0 Å². The lowest BCUT2D eigenvalue weighted by atomic mass is 9.95. The summed E-state index contributed by atoms with van der Waals surface area (Å²) in [6.45, 7) is 13.7. The van der Waals surface area contributed by atoms with Crippen LogP contribution in [0.3, 0.4) is 0 Å². The third-order valence-electron chi connectivity index (χ3n) is 6.61. The molecule has 0 fully saturated rings. The molecular weight excluding hydrogens is 394 g/mol. The predicted octanol–water partition coefficient (Wildman–Crippen LogP) is 6.80. The molecule has 168 valence electrons. The summed E-state index contributed by atoms with van der Waals surface area (Å²) >= 11 is 0. The summed E-state index contributed by atoms with van der Waals surface area (Å²) < 4.78 is 14.0. The number of ether oxygens (including phenoxy) is 2. The number of methoxy groups -OCH3 is 1. The van der Waals surface area contributed by atoms with Crippen LogP contribution >= 0.6 is 0 Å². The minimum absolute atomic E-state index is 0.128. The van der Waals surface area contributed by atoms with E-state index in [9.17, 15) is 0 Å². The molecule has 0 bridgehead atoms. The Morgan fingerprint density at radius 3 is 2.38 bits per heavy atom. The van der Waals surface area contributed by atoms with Crippen molar-refractivity contribution in [3.63, 3.8) is 0 Å². The zero-order valence-electron chi connectivity index (χ0n) is 20.5. The van der Waals surface area contributed by atoms with E-state index in [4.69, 9.17) is 9.47 Å². The molecular formula is C29H36NO2+. The second-order valence-corrected chi connectivity index (χ2v) is 9.62. The minimum Gasteiger partial charge on any atom is -0.382 e. The van der Waals surface area contributed by atoms with Gasteiger partial charge in [-0.3, -0.25) is 0 Å². The lowest BCUT2D eigenvalue weighted by molar-refractivity contribution is -0.522. The second kappa shape index (κ2) is 9.17. The Balaban J connectivity index is 1.92. The van der Waals surface area contributed by atoms with Gasteiger partial charge in [0.15, 0.2) is 6.20 Å². The summed E-state index contributed by atoms with van der Waals surface area (Å²) in [6, 6.07) is 15.9. The highest BCUT2D eigenvalue weighted by Gasteiger charge is 2.20. The number of hydrogen-bond acceptors (Lipinski definition) is 2. The van der Waals surface area contributed by atoms with Crippen LogP contribution in [-0.4, -0.2) is 19.3 Å². The molecule has 2 unspecified atom stereocenters. The third-order valence-corrected chi connectivity index (χ3v) is 6.61. The number of rotatable bonds is 7. The number of hydrogen-bond donors (Lipinski definition) is 0. The first kappa shape index (κ1) is 22.7. The van der Waals surface area contributed by atoms with E-state index < -0.39 is 0 Å². The van der Waals surface area contributed by atoms with Crippen LogP contribution in [0.4, 0.5) is 0 Å². The molecule has 2 aromatic heterocycles. The molecule has 0 amide bonds. The summed E-state index contributed by atoms with van der Waals surface area (Å²) in [5, 5.41) is 5.20. The molecule has 4 rings (SSSR count). The fraction of sp³-hybridized carbons (Fsp3) is 0.414. The molecule has 4 aromatic rings. The SMILES string of the molecule is COC(C)CC(C)OCc1cc2c(C)cc(C)cc2c2cc3c(C(C)C)cccc3c[n+]12. The number of fused-ring (bicyclic) bond motifs is 4. The number of aromatic nitrogens is 1. The molecule has 0 aliphatic rings. The van der Waals surface area contributed by atoms with Gasteiger partial charge in [0.1, 0.15) is 6.61 Å². The van der Waals surface area contributed by atoms with Crippen LogP contribution < -0.4 is 4.40 Å². The Kier molecular flexibility index (Phi) is 6.50. The summed E-state index contributed by atoms with van der Waals surface area (Å²) in [5.41, 5.74) is 6.41. The monoisotopic (exact) mass is 430 g/mol. The van der Waals surface area contributed by atoms with E-state index in [-0.39, 0.29) is 12.2 Å². The van der Waals surface area contributed by atoms with Crippen molar-refractivity contribution in [2.45, 2.75) is 72.7 Å². The van der Waals surface area contributed by atoms with E-state index >= 15 is 0 Å². The summed E-state index contributed by atoms with van der Waals surface area (Å²) in [4.78, 5) is 0. The van der Waals surface area contributed by atoms with Gasteiger partial charge in [0, 0.05) is 24.6 Å². The predicted molar refractivity (Wildman–Crippen MR) is 134 cm³/mol. The molecule has 0 spiro atoms. The molecule has 32 heavy (non-hydrogen) atoms. The topological polar surface area (TPSA) is 22.6 Å². The zero-order valence-corrected chi connectivity index (χ0v) is 20.5. The Hall–Kier alpha value is -2.49. The molecule has 2 heterocycles. The summed E-state index contributed by atoms with van der Waals surface area (Å²) in [7, 11) is 1.76. The van der Waals surface area contributed by atoms with Gasteiger partial charge in [0.2, 0.25) is 11.2 Å². The molecule has 0 aliphatic carbocycles. The standard InChI is InChI=1S/C29H36NO2/c1-18(2)25-10-8-9-23-16-30-24(17-32-22(6)13-21(5)31-7)14-26-20(4)11-19(3)12-28(26)29(30)15-27(23)25/h8-12,14-16,18,21-22H,13,17H2,1-7H3/q+1. The highest BCUT2D eigenvalue weighted by molar-refractivity contribution is 6.00. The molecule has 0 N–H and O–H groups in total. The van der Waals surface area contributed by atoms with E-state index in [1.807, 2.05) is 0 Å². The average molecular weight is 431 g/mol. The van der Waals surface area contributed by atoms with Gasteiger partial charge in [-0.15, -0.1) is 0 Å². The van der Waals surface area contributed by atoms with E-state index in [2.05, 4.69) is 94.6 Å². The molecule has 2 aromatic carbocycles. The lowest BCUT2D eigenvalue weighted by Gasteiger charge is -2.17. The lowest BCUT2D eigenvalue weighted by Crippen LogP contribution is -2.29. The van der Waals surface area contributed by atoms with Crippen LogP contribution in [0.25, 0.3) is 27.1 Å². The molecule has 0 radical (unpaired) electrons. The fourth-order valence-electron chi connectivity index (χ4n) is 4.83. The van der Waals surface area contributed by atoms with Gasteiger partial charge >= 0.3 is 0 Å². The Bertz CT molecular complexity index is 1280. The van der Waals surface area contributed by atoms with Crippen molar-refractivity contribution in [1.29, 1.82) is 0 Å². The van der Waals surface area contributed by atoms with Crippen LogP contribution in [0.15, 0.2) is 48.7 Å². The molecule has 0 saturated carbocycles. The van der Waals surface area contributed by atoms with Crippen LogP contribution in [0.2, 0.25) is 0 Å². The van der Waals surface area contributed by atoms with Gasteiger partial charge in [0.05, 0.1) is 17.6 Å². The molecule has 0 saturated heterocycles. The summed E-state index contributed by atoms with van der Waals surface area (Å²) in [6.07, 6.45) is 3.48. The smallest absolute Gasteiger partial charge is 0.219 e. The van der Waals surface area contributed by atoms with Crippen LogP contribution in [0, 0.1) is 13.8 Å². The average Bonchev–Trinajstić information content (AvgIpc) is 2.75. The second-order valence-electron chi connectivity index (χ2n) is 9.62. The number of benzene rings is 2. The van der Waals surface area contributed by atoms with Crippen LogP contribution in [0.5, 0.6) is 0 Å². The molecule has 0 aliphatic heterocycles. The first-order valence-electron chi connectivity index (χ1n) is 11.7. The van der Waals surface area contributed by atoms with Crippen molar-refractivity contribution in [1.82, 2.24) is 0 Å². The fourth-order valence-corrected chi connectivity index (χ4v) is 4.83. The number of nitrogens with zero attached hydrogens (tertiary/aromatic N) is 1. The third kappa shape index (κ3) is 4.37. The van der Waals surface area contributed by atoms with E-state index in [0.717, 1.165) is 6.42 Å². The Labute approximate surface area is 192 Å². The first-order valence-corrected chi connectivity index (χ1v) is 11.7. The van der Waals surface area contributed by atoms with Gasteiger partial charge < -0.3 is 9.47 Å². The first-order chi connectivity index (χ1) is 15.3. The Morgan fingerprint density at radius 1 is 0.875 bits per heavy atom. The van der Waals surface area contributed by atoms with E-state index in [0.29, 0.717) is 12.5 Å². The van der Waals surface area contributed by atoms with Gasteiger partial charge in [0.25, 0.3) is 0 Å². The minimum atomic E-state index is 0.128. The maximum Gasteiger partial charge on any atom is 0.219 e. The zero-order chi connectivity index (χ0) is 23.0. The van der Waals surface area contributed by atoms with Gasteiger partial charge in [-0.1, -0.05) is 32.0 Å². The molecule has 3 nitrogen and oxygen atoms in total. The summed E-state index contributed by atoms with van der Waals surface area (Å²) in [5.74, 6) is 0.478. The van der Waals surface area contributed by atoms with E-state index in [1.54, 1.807) is 7.11 Å². The maximum absolute atomic E-state index is 6.29. The quantitative estimate of drug-likeness (QED) is 0.183. The normalized spacial score (nSPS) is 14.0. The van der Waals surface area contributed by atoms with Gasteiger partial charge in [-0.2, -0.15) is 4.40 Å². The van der Waals surface area contributed by atoms with Gasteiger partial charge in [-0.05, 0) is 79.6 Å². The highest BCUT2D eigenvalue weighted by atomic mass is 16.5. The largest absolute Gasteiger partial charge is 0.382 e. The van der Waals surface area contributed by atoms with Gasteiger partial charge in [-0.25, -0.2) is 0 Å². The van der Waals surface area contributed by atoms with Crippen molar-refractivity contribution in [2.75, 3.05) is 7.11 Å². The van der Waals surface area contributed by atoms with Crippen molar-refractivity contribution in [3.05, 3.63) is 71.0 Å². The highest BCUT2D eigenvalue weighted by Crippen LogP contribution is 2.30.